The van der Waals surface area contributed by atoms with E-state index in [0.29, 0.717) is 36.3 Å². The third-order valence-corrected chi connectivity index (χ3v) is 6.53. The van der Waals surface area contributed by atoms with E-state index in [1.165, 1.54) is 0 Å². The summed E-state index contributed by atoms with van der Waals surface area (Å²) >= 11 is 5.98. The Kier molecular flexibility index (Phi) is 6.55. The number of nitrogens with zero attached hydrogens (tertiary/aromatic N) is 2. The molecule has 1 atom stereocenters. The van der Waals surface area contributed by atoms with Crippen LogP contribution in [-0.2, 0) is 0 Å². The van der Waals surface area contributed by atoms with Gasteiger partial charge in [0.1, 0.15) is 0 Å². The molecule has 0 radical (unpaired) electrons. The second-order valence-electron chi connectivity index (χ2n) is 8.50. The zero-order valence-electron chi connectivity index (χ0n) is 19.1. The summed E-state index contributed by atoms with van der Waals surface area (Å²) in [4.78, 5) is 17.1. The number of carbonyl (C=O) groups is 1. The number of halogens is 1. The lowest BCUT2D eigenvalue weighted by molar-refractivity contribution is 0.136. The molecule has 5 rings (SSSR count). The molecule has 1 aliphatic heterocycles. The molecule has 1 unspecified atom stereocenters. The predicted octanol–water partition coefficient (Wildman–Crippen LogP) is 6.43. The molecule has 1 aliphatic rings. The number of hydrogen-bond acceptors (Lipinski definition) is 2. The highest BCUT2D eigenvalue weighted by atomic mass is 35.5. The van der Waals surface area contributed by atoms with E-state index >= 15 is 0 Å². The highest BCUT2D eigenvalue weighted by Gasteiger charge is 2.33. The Balaban J connectivity index is 1.35. The highest BCUT2D eigenvalue weighted by Crippen LogP contribution is 2.28. The van der Waals surface area contributed by atoms with Crippen LogP contribution >= 0.6 is 11.6 Å². The summed E-state index contributed by atoms with van der Waals surface area (Å²) in [7, 11) is 0. The maximum absolute atomic E-state index is 13.2. The van der Waals surface area contributed by atoms with Crippen molar-refractivity contribution in [3.63, 3.8) is 0 Å². The lowest BCUT2D eigenvalue weighted by Crippen LogP contribution is -2.54. The van der Waals surface area contributed by atoms with Crippen LogP contribution in [0, 0.1) is 5.41 Å². The Morgan fingerprint density at radius 3 is 2.34 bits per heavy atom. The number of piperazine rings is 1. The van der Waals surface area contributed by atoms with Crippen molar-refractivity contribution >= 4 is 45.7 Å². The van der Waals surface area contributed by atoms with E-state index in [1.807, 2.05) is 64.4 Å². The van der Waals surface area contributed by atoms with Gasteiger partial charge in [0.2, 0.25) is 0 Å². The van der Waals surface area contributed by atoms with Crippen molar-refractivity contribution in [1.82, 2.24) is 9.80 Å². The normalized spacial score (nSPS) is 15.6. The smallest absolute Gasteiger partial charge is 0.322 e. The van der Waals surface area contributed by atoms with E-state index < -0.39 is 0 Å². The molecule has 7 heteroatoms. The molecule has 3 N–H and O–H groups in total. The van der Waals surface area contributed by atoms with Gasteiger partial charge in [0.05, 0.1) is 6.04 Å². The van der Waals surface area contributed by atoms with Gasteiger partial charge in [-0.05, 0) is 41.3 Å². The average Bonchev–Trinajstić information content (AvgIpc) is 2.90. The van der Waals surface area contributed by atoms with Crippen LogP contribution in [0.25, 0.3) is 10.8 Å². The Morgan fingerprint density at radius 2 is 1.54 bits per heavy atom. The van der Waals surface area contributed by atoms with Gasteiger partial charge in [-0.15, -0.1) is 0 Å². The molecule has 0 aromatic heterocycles. The largest absolute Gasteiger partial charge is 0.339 e. The number of guanidine groups is 1. The van der Waals surface area contributed by atoms with Crippen LogP contribution in [0.4, 0.5) is 16.2 Å². The standard InChI is InChI=1S/C28H26ClN5O/c29-22-13-15-23(16-14-22)31-28(35)34-18-17-33(19-26(34)21-8-2-1-3-9-21)27(30)32-25-12-6-10-20-7-4-5-11-24(20)25/h1-16,26H,17-19H2,(H2,30,32)(H,31,35). The van der Waals surface area contributed by atoms with Crippen molar-refractivity contribution in [3.8, 4) is 0 Å². The monoisotopic (exact) mass is 483 g/mol. The fraction of sp³-hybridized carbons (Fsp3) is 0.143. The molecule has 0 spiro atoms. The molecule has 1 saturated heterocycles. The van der Waals surface area contributed by atoms with Crippen LogP contribution < -0.4 is 10.6 Å². The van der Waals surface area contributed by atoms with E-state index in [-0.39, 0.29) is 12.1 Å². The zero-order valence-corrected chi connectivity index (χ0v) is 19.9. The van der Waals surface area contributed by atoms with Gasteiger partial charge >= 0.3 is 6.03 Å². The zero-order chi connectivity index (χ0) is 24.2. The van der Waals surface area contributed by atoms with Gasteiger partial charge in [-0.2, -0.15) is 0 Å². The summed E-state index contributed by atoms with van der Waals surface area (Å²) in [6.45, 7) is 1.54. The van der Waals surface area contributed by atoms with Crippen LogP contribution in [0.3, 0.4) is 0 Å². The minimum absolute atomic E-state index is 0.172. The number of benzene rings is 4. The van der Waals surface area contributed by atoms with Crippen LogP contribution in [0.2, 0.25) is 5.02 Å². The fourth-order valence-electron chi connectivity index (χ4n) is 4.46. The average molecular weight is 484 g/mol. The lowest BCUT2D eigenvalue weighted by Gasteiger charge is -2.42. The molecule has 2 amide bonds. The Morgan fingerprint density at radius 1 is 0.829 bits per heavy atom. The van der Waals surface area contributed by atoms with E-state index in [0.717, 1.165) is 22.0 Å². The predicted molar refractivity (Wildman–Crippen MR) is 143 cm³/mol. The quantitative estimate of drug-likeness (QED) is 0.232. The first-order chi connectivity index (χ1) is 17.1. The van der Waals surface area contributed by atoms with Gasteiger partial charge in [0.25, 0.3) is 0 Å². The first kappa shape index (κ1) is 22.7. The molecule has 6 nitrogen and oxygen atoms in total. The van der Waals surface area contributed by atoms with E-state index in [1.54, 1.807) is 24.3 Å². The molecular formula is C28H26ClN5O. The number of fused-ring (bicyclic) bond motifs is 1. The molecule has 1 heterocycles. The number of carbonyl (C=O) groups excluding carboxylic acids is 1. The summed E-state index contributed by atoms with van der Waals surface area (Å²) in [6.07, 6.45) is 0. The summed E-state index contributed by atoms with van der Waals surface area (Å²) in [5.41, 5.74) is 2.62. The van der Waals surface area contributed by atoms with Gasteiger partial charge in [0.15, 0.2) is 5.96 Å². The second kappa shape index (κ2) is 10.1. The van der Waals surface area contributed by atoms with Gasteiger partial charge in [-0.25, -0.2) is 4.79 Å². The number of urea groups is 1. The van der Waals surface area contributed by atoms with Gasteiger partial charge in [-0.1, -0.05) is 78.3 Å². The maximum Gasteiger partial charge on any atom is 0.322 e. The van der Waals surface area contributed by atoms with Gasteiger partial charge in [0, 0.05) is 41.4 Å². The van der Waals surface area contributed by atoms with Crippen LogP contribution in [-0.4, -0.2) is 41.4 Å². The van der Waals surface area contributed by atoms with E-state index in [4.69, 9.17) is 17.0 Å². The van der Waals surface area contributed by atoms with Crippen LogP contribution in [0.1, 0.15) is 11.6 Å². The van der Waals surface area contributed by atoms with Crippen LogP contribution in [0.5, 0.6) is 0 Å². The van der Waals surface area contributed by atoms with Gasteiger partial charge in [-0.3, -0.25) is 5.41 Å². The number of anilines is 2. The Hall–Kier alpha value is -4.03. The lowest BCUT2D eigenvalue weighted by atomic mass is 10.0. The van der Waals surface area contributed by atoms with Crippen molar-refractivity contribution in [2.24, 2.45) is 0 Å². The third-order valence-electron chi connectivity index (χ3n) is 6.28. The van der Waals surface area contributed by atoms with Crippen molar-refractivity contribution in [3.05, 3.63) is 108 Å². The maximum atomic E-state index is 13.2. The number of nitrogens with one attached hydrogen (secondary N) is 3. The number of amides is 2. The topological polar surface area (TPSA) is 71.5 Å². The van der Waals surface area contributed by atoms with Crippen molar-refractivity contribution in [2.45, 2.75) is 6.04 Å². The van der Waals surface area contributed by atoms with Crippen LogP contribution in [0.15, 0.2) is 97.1 Å². The molecule has 1 fully saturated rings. The summed E-state index contributed by atoms with van der Waals surface area (Å²) in [5.74, 6) is 0.319. The minimum atomic E-state index is -0.202. The van der Waals surface area contributed by atoms with Crippen molar-refractivity contribution < 1.29 is 4.79 Å². The Bertz CT molecular complexity index is 1340. The van der Waals surface area contributed by atoms with E-state index in [2.05, 4.69) is 28.8 Å². The van der Waals surface area contributed by atoms with E-state index in [9.17, 15) is 4.79 Å². The summed E-state index contributed by atoms with van der Waals surface area (Å²) in [6, 6.07) is 30.8. The molecular weight excluding hydrogens is 458 g/mol. The SMILES string of the molecule is N=C(Nc1cccc2ccccc12)N1CCN(C(=O)Nc2ccc(Cl)cc2)C(c2ccccc2)C1. The summed E-state index contributed by atoms with van der Waals surface area (Å²) < 4.78 is 0. The second-order valence-corrected chi connectivity index (χ2v) is 8.94. The molecule has 0 aliphatic carbocycles. The van der Waals surface area contributed by atoms with Gasteiger partial charge < -0.3 is 20.4 Å². The highest BCUT2D eigenvalue weighted by molar-refractivity contribution is 6.30. The first-order valence-corrected chi connectivity index (χ1v) is 11.9. The molecule has 4 aromatic rings. The Labute approximate surface area is 209 Å². The minimum Gasteiger partial charge on any atom is -0.339 e. The number of rotatable bonds is 3. The number of hydrogen-bond donors (Lipinski definition) is 3. The molecule has 176 valence electrons. The van der Waals surface area contributed by atoms with Crippen molar-refractivity contribution in [1.29, 1.82) is 5.41 Å². The molecule has 0 saturated carbocycles. The fourth-order valence-corrected chi connectivity index (χ4v) is 4.59. The van der Waals surface area contributed by atoms with Crippen molar-refractivity contribution in [2.75, 3.05) is 30.3 Å². The summed E-state index contributed by atoms with van der Waals surface area (Å²) in [5, 5.41) is 17.9. The molecule has 0 bridgehead atoms. The molecule has 35 heavy (non-hydrogen) atoms. The third kappa shape index (κ3) is 5.08. The molecule has 4 aromatic carbocycles. The first-order valence-electron chi connectivity index (χ1n) is 11.5.